The van der Waals surface area contributed by atoms with Gasteiger partial charge < -0.3 is 10.6 Å². The molecule has 0 aliphatic carbocycles. The van der Waals surface area contributed by atoms with Gasteiger partial charge in [-0.1, -0.05) is 45.4 Å². The van der Waals surface area contributed by atoms with E-state index in [-0.39, 0.29) is 11.9 Å². The summed E-state index contributed by atoms with van der Waals surface area (Å²) in [5.74, 6) is 0.452. The maximum Gasteiger partial charge on any atom is 0.228 e. The van der Waals surface area contributed by atoms with Gasteiger partial charge in [0.05, 0.1) is 0 Å². The molecule has 1 amide bonds. The van der Waals surface area contributed by atoms with E-state index in [1.54, 1.807) is 0 Å². The summed E-state index contributed by atoms with van der Waals surface area (Å²) in [6, 6.07) is 9.78. The molecule has 3 heteroatoms. The van der Waals surface area contributed by atoms with E-state index in [1.807, 2.05) is 35.2 Å². The van der Waals surface area contributed by atoms with Gasteiger partial charge in [-0.25, -0.2) is 0 Å². The lowest BCUT2D eigenvalue weighted by atomic mass is 10.0. The molecule has 0 spiro atoms. The Balaban J connectivity index is 2.76. The van der Waals surface area contributed by atoms with Crippen LogP contribution in [0.2, 0.25) is 0 Å². The Labute approximate surface area is 116 Å². The lowest BCUT2D eigenvalue weighted by Gasteiger charge is -2.25. The molecule has 0 aromatic heterocycles. The first-order valence-electron chi connectivity index (χ1n) is 7.17. The van der Waals surface area contributed by atoms with Crippen molar-refractivity contribution in [1.29, 1.82) is 0 Å². The van der Waals surface area contributed by atoms with Crippen LogP contribution in [0.1, 0.15) is 40.0 Å². The fourth-order valence-electron chi connectivity index (χ4n) is 1.87. The van der Waals surface area contributed by atoms with E-state index >= 15 is 0 Å². The summed E-state index contributed by atoms with van der Waals surface area (Å²) < 4.78 is 0. The van der Waals surface area contributed by atoms with Gasteiger partial charge >= 0.3 is 0 Å². The zero-order valence-electron chi connectivity index (χ0n) is 12.3. The minimum atomic E-state index is -0.0691. The molecule has 1 unspecified atom stereocenters. The number of carbonyl (C=O) groups excluding carboxylic acids is 1. The van der Waals surface area contributed by atoms with Crippen molar-refractivity contribution in [3.63, 3.8) is 0 Å². The van der Waals surface area contributed by atoms with E-state index in [9.17, 15) is 4.79 Å². The smallest absolute Gasteiger partial charge is 0.228 e. The number of anilines is 1. The molecule has 0 bridgehead atoms. The molecule has 0 fully saturated rings. The molecule has 0 saturated carbocycles. The highest BCUT2D eigenvalue weighted by atomic mass is 16.2. The fraction of sp³-hybridized carbons (Fsp3) is 0.562. The zero-order chi connectivity index (χ0) is 14.3. The van der Waals surface area contributed by atoms with Crippen LogP contribution in [0, 0.1) is 5.92 Å². The SMILES string of the molecule is CCCCN(C(=O)CC(N)C(C)C)c1ccccc1. The van der Waals surface area contributed by atoms with Crippen LogP contribution in [0.15, 0.2) is 30.3 Å². The Hall–Kier alpha value is -1.35. The van der Waals surface area contributed by atoms with Crippen molar-refractivity contribution in [3.05, 3.63) is 30.3 Å². The molecule has 0 radical (unpaired) electrons. The molecule has 1 rings (SSSR count). The van der Waals surface area contributed by atoms with Crippen LogP contribution in [-0.4, -0.2) is 18.5 Å². The van der Waals surface area contributed by atoms with Gasteiger partial charge in [0.15, 0.2) is 0 Å². The Morgan fingerprint density at radius 1 is 1.26 bits per heavy atom. The van der Waals surface area contributed by atoms with Crippen LogP contribution in [-0.2, 0) is 4.79 Å². The van der Waals surface area contributed by atoms with Crippen molar-refractivity contribution in [3.8, 4) is 0 Å². The molecular weight excluding hydrogens is 236 g/mol. The Bertz CT molecular complexity index is 376. The quantitative estimate of drug-likeness (QED) is 0.820. The number of carbonyl (C=O) groups is 1. The molecule has 1 atom stereocenters. The first-order valence-corrected chi connectivity index (χ1v) is 7.17. The summed E-state index contributed by atoms with van der Waals surface area (Å²) in [5, 5.41) is 0. The third-order valence-corrected chi connectivity index (χ3v) is 3.37. The Kier molecular flexibility index (Phi) is 6.57. The van der Waals surface area contributed by atoms with Crippen LogP contribution in [0.5, 0.6) is 0 Å². The summed E-state index contributed by atoms with van der Waals surface area (Å²) in [7, 11) is 0. The van der Waals surface area contributed by atoms with Crippen molar-refractivity contribution in [2.24, 2.45) is 11.7 Å². The molecule has 106 valence electrons. The van der Waals surface area contributed by atoms with E-state index in [4.69, 9.17) is 5.73 Å². The van der Waals surface area contributed by atoms with Gasteiger partial charge in [-0.15, -0.1) is 0 Å². The normalized spacial score (nSPS) is 12.5. The minimum Gasteiger partial charge on any atom is -0.327 e. The topological polar surface area (TPSA) is 46.3 Å². The molecule has 0 aliphatic heterocycles. The summed E-state index contributed by atoms with van der Waals surface area (Å²) in [6.07, 6.45) is 2.50. The summed E-state index contributed by atoms with van der Waals surface area (Å²) >= 11 is 0. The number of unbranched alkanes of at least 4 members (excludes halogenated alkanes) is 1. The van der Waals surface area contributed by atoms with Crippen LogP contribution in [0.3, 0.4) is 0 Å². The molecule has 0 aliphatic rings. The highest BCUT2D eigenvalue weighted by Crippen LogP contribution is 2.17. The van der Waals surface area contributed by atoms with Crippen molar-refractivity contribution >= 4 is 11.6 Å². The number of hydrogen-bond acceptors (Lipinski definition) is 2. The highest BCUT2D eigenvalue weighted by molar-refractivity contribution is 5.93. The van der Waals surface area contributed by atoms with Crippen molar-refractivity contribution in [2.75, 3.05) is 11.4 Å². The lowest BCUT2D eigenvalue weighted by molar-refractivity contribution is -0.119. The maximum atomic E-state index is 12.4. The molecule has 1 aromatic carbocycles. The highest BCUT2D eigenvalue weighted by Gasteiger charge is 2.19. The molecule has 1 aromatic rings. The minimum absolute atomic E-state index is 0.0691. The largest absolute Gasteiger partial charge is 0.327 e. The molecule has 19 heavy (non-hydrogen) atoms. The van der Waals surface area contributed by atoms with E-state index < -0.39 is 0 Å². The second-order valence-corrected chi connectivity index (χ2v) is 5.35. The Morgan fingerprint density at radius 2 is 1.89 bits per heavy atom. The van der Waals surface area contributed by atoms with Gasteiger partial charge in [0.2, 0.25) is 5.91 Å². The van der Waals surface area contributed by atoms with E-state index in [1.165, 1.54) is 0 Å². The number of hydrogen-bond donors (Lipinski definition) is 1. The number of nitrogens with two attached hydrogens (primary N) is 1. The predicted molar refractivity (Wildman–Crippen MR) is 81.1 cm³/mol. The van der Waals surface area contributed by atoms with Gasteiger partial charge in [0.25, 0.3) is 0 Å². The third kappa shape index (κ3) is 5.03. The first kappa shape index (κ1) is 15.7. The summed E-state index contributed by atoms with van der Waals surface area (Å²) in [5.41, 5.74) is 6.98. The van der Waals surface area contributed by atoms with Crippen molar-refractivity contribution in [1.82, 2.24) is 0 Å². The van der Waals surface area contributed by atoms with Crippen LogP contribution in [0.4, 0.5) is 5.69 Å². The van der Waals surface area contributed by atoms with Crippen molar-refractivity contribution in [2.45, 2.75) is 46.1 Å². The predicted octanol–water partition coefficient (Wildman–Crippen LogP) is 3.19. The number of benzene rings is 1. The number of rotatable bonds is 7. The standard InChI is InChI=1S/C16H26N2O/c1-4-5-11-18(14-9-7-6-8-10-14)16(19)12-15(17)13(2)3/h6-10,13,15H,4-5,11-12,17H2,1-3H3. The average molecular weight is 262 g/mol. The molecular formula is C16H26N2O. The summed E-state index contributed by atoms with van der Waals surface area (Å²) in [4.78, 5) is 14.3. The van der Waals surface area contributed by atoms with E-state index in [2.05, 4.69) is 20.8 Å². The Morgan fingerprint density at radius 3 is 2.42 bits per heavy atom. The monoisotopic (exact) mass is 262 g/mol. The fourth-order valence-corrected chi connectivity index (χ4v) is 1.87. The van der Waals surface area contributed by atoms with Crippen LogP contribution < -0.4 is 10.6 Å². The average Bonchev–Trinajstić information content (AvgIpc) is 2.40. The molecule has 2 N–H and O–H groups in total. The van der Waals surface area contributed by atoms with E-state index in [0.29, 0.717) is 12.3 Å². The van der Waals surface area contributed by atoms with Gasteiger partial charge in [-0.2, -0.15) is 0 Å². The van der Waals surface area contributed by atoms with E-state index in [0.717, 1.165) is 25.1 Å². The molecule has 0 saturated heterocycles. The van der Waals surface area contributed by atoms with Crippen molar-refractivity contribution < 1.29 is 4.79 Å². The van der Waals surface area contributed by atoms with Crippen LogP contribution in [0.25, 0.3) is 0 Å². The zero-order valence-corrected chi connectivity index (χ0v) is 12.3. The van der Waals surface area contributed by atoms with Gasteiger partial charge in [-0.05, 0) is 24.5 Å². The molecule has 3 nitrogen and oxygen atoms in total. The number of para-hydroxylation sites is 1. The van der Waals surface area contributed by atoms with Gasteiger partial charge in [0.1, 0.15) is 0 Å². The molecule has 0 heterocycles. The second kappa shape index (κ2) is 7.95. The maximum absolute atomic E-state index is 12.4. The lowest BCUT2D eigenvalue weighted by Crippen LogP contribution is -2.38. The first-order chi connectivity index (χ1) is 9.06. The van der Waals surface area contributed by atoms with Gasteiger partial charge in [-0.3, -0.25) is 4.79 Å². The summed E-state index contributed by atoms with van der Waals surface area (Å²) in [6.45, 7) is 7.01. The van der Waals surface area contributed by atoms with Crippen LogP contribution >= 0.6 is 0 Å². The second-order valence-electron chi connectivity index (χ2n) is 5.35. The van der Waals surface area contributed by atoms with Gasteiger partial charge in [0, 0.05) is 24.7 Å². The number of nitrogens with zero attached hydrogens (tertiary/aromatic N) is 1. The third-order valence-electron chi connectivity index (χ3n) is 3.37. The number of amides is 1.